The number of hydrazone groups is 1. The molecule has 0 atom stereocenters. The maximum Gasteiger partial charge on any atom is 0.277 e. The highest BCUT2D eigenvalue weighted by Crippen LogP contribution is 2.27. The van der Waals surface area contributed by atoms with Crippen LogP contribution in [0.15, 0.2) is 46.0 Å². The maximum atomic E-state index is 11.8. The Hall–Kier alpha value is -2.74. The van der Waals surface area contributed by atoms with Gasteiger partial charge < -0.3 is 4.74 Å². The second-order valence-corrected chi connectivity index (χ2v) is 6.21. The number of carbonyl (C=O) groups is 1. The number of nitrogens with zero attached hydrogens (tertiary/aromatic N) is 2. The molecule has 1 amide bonds. The minimum atomic E-state index is -0.480. The Labute approximate surface area is 153 Å². The van der Waals surface area contributed by atoms with Crippen molar-refractivity contribution in [1.29, 1.82) is 0 Å². The van der Waals surface area contributed by atoms with E-state index < -0.39 is 10.8 Å². The van der Waals surface area contributed by atoms with Crippen LogP contribution in [0.1, 0.15) is 16.7 Å². The van der Waals surface area contributed by atoms with E-state index in [9.17, 15) is 14.9 Å². The van der Waals surface area contributed by atoms with Gasteiger partial charge in [-0.3, -0.25) is 14.9 Å². The lowest BCUT2D eigenvalue weighted by molar-refractivity contribution is -0.384. The molecular weight excluding hydrogens is 390 g/mol. The second kappa shape index (κ2) is 8.39. The van der Waals surface area contributed by atoms with Gasteiger partial charge in [0, 0.05) is 16.6 Å². The van der Waals surface area contributed by atoms with Crippen molar-refractivity contribution in [1.82, 2.24) is 5.43 Å². The van der Waals surface area contributed by atoms with E-state index in [0.717, 1.165) is 15.6 Å². The summed E-state index contributed by atoms with van der Waals surface area (Å²) in [5.41, 5.74) is 4.83. The fourth-order valence-electron chi connectivity index (χ4n) is 2.16. The molecule has 2 aromatic rings. The van der Waals surface area contributed by atoms with E-state index in [-0.39, 0.29) is 12.3 Å². The molecule has 0 radical (unpaired) electrons. The van der Waals surface area contributed by atoms with Crippen molar-refractivity contribution >= 4 is 33.7 Å². The van der Waals surface area contributed by atoms with Crippen LogP contribution in [0.3, 0.4) is 0 Å². The molecule has 0 heterocycles. The fraction of sp³-hybridized carbons (Fsp3) is 0.176. The summed E-state index contributed by atoms with van der Waals surface area (Å²) in [6, 6.07) is 9.63. The number of carbonyl (C=O) groups excluding carboxylic acids is 1. The minimum absolute atomic E-state index is 0.00479. The molecule has 0 saturated carbocycles. The van der Waals surface area contributed by atoms with Gasteiger partial charge in [0.15, 0.2) is 6.61 Å². The van der Waals surface area contributed by atoms with Crippen LogP contribution in [0.4, 0.5) is 5.69 Å². The predicted octanol–water partition coefficient (Wildman–Crippen LogP) is 3.50. The number of amides is 1. The molecule has 1 N–H and O–H groups in total. The molecule has 2 aromatic carbocycles. The number of hydrogen-bond acceptors (Lipinski definition) is 5. The molecule has 0 bridgehead atoms. The van der Waals surface area contributed by atoms with E-state index in [4.69, 9.17) is 4.74 Å². The van der Waals surface area contributed by atoms with E-state index in [2.05, 4.69) is 26.5 Å². The molecule has 25 heavy (non-hydrogen) atoms. The molecule has 8 heteroatoms. The number of nitro groups is 1. The van der Waals surface area contributed by atoms with Crippen molar-refractivity contribution in [2.75, 3.05) is 6.61 Å². The molecule has 0 saturated heterocycles. The van der Waals surface area contributed by atoms with Crippen LogP contribution in [0, 0.1) is 24.0 Å². The molecule has 0 aliphatic heterocycles. The van der Waals surface area contributed by atoms with Crippen molar-refractivity contribution in [2.45, 2.75) is 13.8 Å². The summed E-state index contributed by atoms with van der Waals surface area (Å²) >= 11 is 3.40. The summed E-state index contributed by atoms with van der Waals surface area (Å²) in [6.45, 7) is 3.64. The first-order chi connectivity index (χ1) is 11.9. The zero-order valence-electron chi connectivity index (χ0n) is 13.7. The van der Waals surface area contributed by atoms with E-state index in [1.807, 2.05) is 26.0 Å². The number of hydrogen-bond donors (Lipinski definition) is 1. The maximum absolute atomic E-state index is 11.8. The van der Waals surface area contributed by atoms with Crippen LogP contribution in [-0.2, 0) is 4.79 Å². The van der Waals surface area contributed by atoms with Gasteiger partial charge in [-0.1, -0.05) is 15.9 Å². The Balaban J connectivity index is 1.87. The van der Waals surface area contributed by atoms with Gasteiger partial charge in [-0.25, -0.2) is 5.43 Å². The molecular formula is C17H16BrN3O4. The van der Waals surface area contributed by atoms with Crippen molar-refractivity contribution in [2.24, 2.45) is 5.10 Å². The van der Waals surface area contributed by atoms with Crippen LogP contribution in [0.5, 0.6) is 5.75 Å². The fourth-order valence-corrected chi connectivity index (χ4v) is 2.84. The molecule has 7 nitrogen and oxygen atoms in total. The number of benzene rings is 2. The van der Waals surface area contributed by atoms with Crippen molar-refractivity contribution in [3.05, 3.63) is 67.7 Å². The van der Waals surface area contributed by atoms with Gasteiger partial charge in [0.1, 0.15) is 5.75 Å². The quantitative estimate of drug-likeness (QED) is 0.451. The third-order valence-corrected chi connectivity index (χ3v) is 3.74. The van der Waals surface area contributed by atoms with Gasteiger partial charge in [-0.15, -0.1) is 0 Å². The largest absolute Gasteiger partial charge is 0.483 e. The summed E-state index contributed by atoms with van der Waals surface area (Å²) < 4.78 is 6.50. The van der Waals surface area contributed by atoms with Crippen LogP contribution in [0.2, 0.25) is 0 Å². The van der Waals surface area contributed by atoms with Crippen molar-refractivity contribution < 1.29 is 14.5 Å². The highest BCUT2D eigenvalue weighted by Gasteiger charge is 2.08. The Kier molecular flexibility index (Phi) is 6.24. The van der Waals surface area contributed by atoms with E-state index in [1.165, 1.54) is 18.3 Å². The lowest BCUT2D eigenvalue weighted by Gasteiger charge is -2.11. The molecule has 2 rings (SSSR count). The van der Waals surface area contributed by atoms with Gasteiger partial charge in [0.05, 0.1) is 11.1 Å². The number of nitrogens with one attached hydrogen (secondary N) is 1. The number of non-ortho nitro benzene ring substituents is 1. The Morgan fingerprint density at radius 1 is 1.28 bits per heavy atom. The van der Waals surface area contributed by atoms with E-state index in [1.54, 1.807) is 12.1 Å². The molecule has 0 spiro atoms. The van der Waals surface area contributed by atoms with Gasteiger partial charge >= 0.3 is 0 Å². The predicted molar refractivity (Wildman–Crippen MR) is 97.9 cm³/mol. The van der Waals surface area contributed by atoms with Crippen molar-refractivity contribution in [3.8, 4) is 5.75 Å². The topological polar surface area (TPSA) is 93.8 Å². The first kappa shape index (κ1) is 18.6. The average Bonchev–Trinajstić information content (AvgIpc) is 2.54. The van der Waals surface area contributed by atoms with E-state index in [0.29, 0.717) is 11.3 Å². The lowest BCUT2D eigenvalue weighted by atomic mass is 10.1. The summed E-state index contributed by atoms with van der Waals surface area (Å²) in [5.74, 6) is 0.262. The standard InChI is InChI=1S/C17H16BrN3O4/c1-11-7-14(18)8-12(2)17(11)25-10-16(22)20-19-9-13-3-5-15(6-4-13)21(23)24/h3-9H,10H2,1-2H3,(H,20,22). The zero-order valence-corrected chi connectivity index (χ0v) is 15.2. The first-order valence-corrected chi connectivity index (χ1v) is 8.12. The summed E-state index contributed by atoms with van der Waals surface area (Å²) in [7, 11) is 0. The van der Waals surface area contributed by atoms with Gasteiger partial charge in [-0.05, 0) is 54.8 Å². The van der Waals surface area contributed by atoms with Crippen LogP contribution >= 0.6 is 15.9 Å². The van der Waals surface area contributed by atoms with Crippen molar-refractivity contribution in [3.63, 3.8) is 0 Å². The monoisotopic (exact) mass is 405 g/mol. The Morgan fingerprint density at radius 3 is 2.44 bits per heavy atom. The molecule has 0 fully saturated rings. The SMILES string of the molecule is Cc1cc(Br)cc(C)c1OCC(=O)NN=Cc1ccc([N+](=O)[O-])cc1. The molecule has 0 aromatic heterocycles. The van der Waals surface area contributed by atoms with Crippen LogP contribution < -0.4 is 10.2 Å². The Bertz CT molecular complexity index is 796. The van der Waals surface area contributed by atoms with Gasteiger partial charge in [0.25, 0.3) is 11.6 Å². The highest BCUT2D eigenvalue weighted by molar-refractivity contribution is 9.10. The minimum Gasteiger partial charge on any atom is -0.483 e. The first-order valence-electron chi connectivity index (χ1n) is 7.32. The number of halogens is 1. The second-order valence-electron chi connectivity index (χ2n) is 5.30. The van der Waals surface area contributed by atoms with Gasteiger partial charge in [0.2, 0.25) is 0 Å². The smallest absolute Gasteiger partial charge is 0.277 e. The van der Waals surface area contributed by atoms with E-state index >= 15 is 0 Å². The number of nitro benzene ring substituents is 1. The molecule has 0 aliphatic carbocycles. The summed E-state index contributed by atoms with van der Waals surface area (Å²) in [6.07, 6.45) is 1.40. The van der Waals surface area contributed by atoms with Crippen LogP contribution in [-0.4, -0.2) is 23.7 Å². The van der Waals surface area contributed by atoms with Gasteiger partial charge in [-0.2, -0.15) is 5.10 Å². The average molecular weight is 406 g/mol. The normalized spacial score (nSPS) is 10.7. The van der Waals surface area contributed by atoms with Crippen LogP contribution in [0.25, 0.3) is 0 Å². The summed E-state index contributed by atoms with van der Waals surface area (Å²) in [5, 5.41) is 14.4. The number of aryl methyl sites for hydroxylation is 2. The Morgan fingerprint density at radius 2 is 1.88 bits per heavy atom. The lowest BCUT2D eigenvalue weighted by Crippen LogP contribution is -2.25. The summed E-state index contributed by atoms with van der Waals surface area (Å²) in [4.78, 5) is 21.9. The number of rotatable bonds is 6. The number of ether oxygens (including phenoxy) is 1. The zero-order chi connectivity index (χ0) is 18.4. The molecule has 0 unspecified atom stereocenters. The third kappa shape index (κ3) is 5.39. The molecule has 130 valence electrons. The third-order valence-electron chi connectivity index (χ3n) is 3.28. The highest BCUT2D eigenvalue weighted by atomic mass is 79.9. The molecule has 0 aliphatic rings.